The molecule has 1 unspecified atom stereocenters. The molecule has 0 heterocycles. The molecule has 1 rings (SSSR count). The number of amides is 1. The lowest BCUT2D eigenvalue weighted by molar-refractivity contribution is -0.119. The van der Waals surface area contributed by atoms with Crippen molar-refractivity contribution in [2.24, 2.45) is 5.73 Å². The van der Waals surface area contributed by atoms with Crippen LogP contribution in [0.25, 0.3) is 0 Å². The number of carboxylic acids is 1. The Bertz CT molecular complexity index is 688. The predicted molar refractivity (Wildman–Crippen MR) is 73.9 cm³/mol. The summed E-state index contributed by atoms with van der Waals surface area (Å²) in [7, 11) is -3.13. The summed E-state index contributed by atoms with van der Waals surface area (Å²) in [6.45, 7) is 1.25. The van der Waals surface area contributed by atoms with Crippen molar-refractivity contribution in [2.75, 3.05) is 7.11 Å². The zero-order chi connectivity index (χ0) is 16.4. The van der Waals surface area contributed by atoms with E-state index in [4.69, 9.17) is 27.2 Å². The maximum absolute atomic E-state index is 12.2. The molecule has 1 aromatic carbocycles. The minimum atomic E-state index is -4.25. The normalized spacial score (nSPS) is 12.7. The molecule has 10 heteroatoms. The molecule has 0 radical (unpaired) electrons. The fourth-order valence-electron chi connectivity index (χ4n) is 1.49. The zero-order valence-electron chi connectivity index (χ0n) is 11.1. The summed E-state index contributed by atoms with van der Waals surface area (Å²) in [6.07, 6.45) is 0. The first-order chi connectivity index (χ1) is 9.60. The molecule has 0 bridgehead atoms. The van der Waals surface area contributed by atoms with Gasteiger partial charge in [-0.1, -0.05) is 11.6 Å². The number of primary amides is 1. The van der Waals surface area contributed by atoms with Gasteiger partial charge in [0.05, 0.1) is 13.2 Å². The first-order valence-electron chi connectivity index (χ1n) is 5.52. The van der Waals surface area contributed by atoms with Crippen molar-refractivity contribution in [3.8, 4) is 5.75 Å². The van der Waals surface area contributed by atoms with Crippen molar-refractivity contribution in [3.63, 3.8) is 0 Å². The summed E-state index contributed by atoms with van der Waals surface area (Å²) in [6, 6.07) is 0.884. The molecule has 8 nitrogen and oxygen atoms in total. The van der Waals surface area contributed by atoms with Crippen molar-refractivity contribution in [1.29, 1.82) is 0 Å². The topological polar surface area (TPSA) is 136 Å². The van der Waals surface area contributed by atoms with Gasteiger partial charge in [-0.3, -0.25) is 4.79 Å². The number of hydrogen-bond donors (Lipinski definition) is 3. The van der Waals surface area contributed by atoms with Crippen LogP contribution in [0.15, 0.2) is 17.0 Å². The number of halogens is 1. The number of benzene rings is 1. The molecular formula is C11H13ClN2O6S. The molecule has 0 saturated heterocycles. The smallest absolute Gasteiger partial charge is 0.339 e. The Morgan fingerprint density at radius 2 is 2.00 bits per heavy atom. The minimum Gasteiger partial charge on any atom is -0.494 e. The highest BCUT2D eigenvalue weighted by Crippen LogP contribution is 2.31. The monoisotopic (exact) mass is 336 g/mol. The molecular weight excluding hydrogens is 324 g/mol. The highest BCUT2D eigenvalue weighted by molar-refractivity contribution is 7.89. The minimum absolute atomic E-state index is 0.111. The van der Waals surface area contributed by atoms with E-state index < -0.39 is 44.2 Å². The van der Waals surface area contributed by atoms with E-state index in [9.17, 15) is 18.0 Å². The van der Waals surface area contributed by atoms with E-state index in [2.05, 4.69) is 0 Å². The standard InChI is InChI=1S/C11H13ClN2O6S/c1-5(10(13)15)14-21(18,19)8-4-6(12)3-7(11(16)17)9(8)20-2/h3-5,14H,1-2H3,(H2,13,15)(H,16,17). The van der Waals surface area contributed by atoms with Crippen LogP contribution in [0.5, 0.6) is 5.75 Å². The van der Waals surface area contributed by atoms with Gasteiger partial charge in [0.1, 0.15) is 10.5 Å². The molecule has 0 aliphatic carbocycles. The van der Waals surface area contributed by atoms with Crippen LogP contribution in [0.2, 0.25) is 5.02 Å². The number of carbonyl (C=O) groups is 2. The van der Waals surface area contributed by atoms with Gasteiger partial charge >= 0.3 is 5.97 Å². The highest BCUT2D eigenvalue weighted by Gasteiger charge is 2.28. The van der Waals surface area contributed by atoms with Crippen molar-refractivity contribution in [2.45, 2.75) is 17.9 Å². The van der Waals surface area contributed by atoms with E-state index in [1.54, 1.807) is 0 Å². The molecule has 0 saturated carbocycles. The van der Waals surface area contributed by atoms with Crippen LogP contribution in [-0.4, -0.2) is 38.6 Å². The van der Waals surface area contributed by atoms with Crippen LogP contribution >= 0.6 is 11.6 Å². The van der Waals surface area contributed by atoms with Crippen LogP contribution in [0.4, 0.5) is 0 Å². The number of sulfonamides is 1. The van der Waals surface area contributed by atoms with E-state index in [0.29, 0.717) is 0 Å². The largest absolute Gasteiger partial charge is 0.494 e. The van der Waals surface area contributed by atoms with Crippen LogP contribution in [0.1, 0.15) is 17.3 Å². The quantitative estimate of drug-likeness (QED) is 0.678. The second kappa shape index (κ2) is 6.29. The predicted octanol–water partition coefficient (Wildman–Crippen LogP) is 0.199. The van der Waals surface area contributed by atoms with Crippen molar-refractivity contribution < 1.29 is 27.9 Å². The Hall–Kier alpha value is -1.84. The molecule has 0 fully saturated rings. The summed E-state index contributed by atoms with van der Waals surface area (Å²) in [5.41, 5.74) is 4.56. The zero-order valence-corrected chi connectivity index (χ0v) is 12.7. The fourth-order valence-corrected chi connectivity index (χ4v) is 3.20. The maximum Gasteiger partial charge on any atom is 0.339 e. The molecule has 116 valence electrons. The highest BCUT2D eigenvalue weighted by atomic mass is 35.5. The summed E-state index contributed by atoms with van der Waals surface area (Å²) in [5.74, 6) is -2.69. The first kappa shape index (κ1) is 17.2. The average Bonchev–Trinajstić information content (AvgIpc) is 2.36. The SMILES string of the molecule is COc1c(C(=O)O)cc(Cl)cc1S(=O)(=O)NC(C)C(N)=O. The Morgan fingerprint density at radius 1 is 1.43 bits per heavy atom. The number of aromatic carboxylic acids is 1. The van der Waals surface area contributed by atoms with Crippen LogP contribution in [-0.2, 0) is 14.8 Å². The number of nitrogens with one attached hydrogen (secondary N) is 1. The van der Waals surface area contributed by atoms with Crippen LogP contribution in [0.3, 0.4) is 0 Å². The number of ether oxygens (including phenoxy) is 1. The molecule has 0 aromatic heterocycles. The van der Waals surface area contributed by atoms with Gasteiger partial charge < -0.3 is 15.6 Å². The molecule has 0 aliphatic heterocycles. The van der Waals surface area contributed by atoms with E-state index in [1.165, 1.54) is 6.92 Å². The van der Waals surface area contributed by atoms with E-state index >= 15 is 0 Å². The molecule has 1 amide bonds. The van der Waals surface area contributed by atoms with Gasteiger partial charge in [0.15, 0.2) is 5.75 Å². The Kier molecular flexibility index (Phi) is 5.15. The molecule has 0 spiro atoms. The third kappa shape index (κ3) is 3.84. The van der Waals surface area contributed by atoms with Gasteiger partial charge in [-0.15, -0.1) is 0 Å². The number of rotatable bonds is 6. The number of hydrogen-bond acceptors (Lipinski definition) is 5. The summed E-state index contributed by atoms with van der Waals surface area (Å²) < 4.78 is 31.3. The lowest BCUT2D eigenvalue weighted by Crippen LogP contribution is -2.42. The van der Waals surface area contributed by atoms with Gasteiger partial charge in [0, 0.05) is 5.02 Å². The summed E-state index contributed by atoms with van der Waals surface area (Å²) in [4.78, 5) is 21.6. The Morgan fingerprint density at radius 3 is 2.43 bits per heavy atom. The molecule has 1 atom stereocenters. The maximum atomic E-state index is 12.2. The van der Waals surface area contributed by atoms with Crippen LogP contribution in [0, 0.1) is 0 Å². The molecule has 21 heavy (non-hydrogen) atoms. The van der Waals surface area contributed by atoms with E-state index in [0.717, 1.165) is 19.2 Å². The number of methoxy groups -OCH3 is 1. The Labute approximate surface area is 125 Å². The number of nitrogens with two attached hydrogens (primary N) is 1. The lowest BCUT2D eigenvalue weighted by atomic mass is 10.2. The second-order valence-electron chi connectivity index (χ2n) is 4.04. The molecule has 4 N–H and O–H groups in total. The van der Waals surface area contributed by atoms with Gasteiger partial charge in [-0.2, -0.15) is 4.72 Å². The average molecular weight is 337 g/mol. The van der Waals surface area contributed by atoms with Crippen LogP contribution < -0.4 is 15.2 Å². The fraction of sp³-hybridized carbons (Fsp3) is 0.273. The van der Waals surface area contributed by atoms with Crippen molar-refractivity contribution in [3.05, 3.63) is 22.7 Å². The summed E-state index contributed by atoms with van der Waals surface area (Å²) >= 11 is 5.73. The lowest BCUT2D eigenvalue weighted by Gasteiger charge is -2.15. The van der Waals surface area contributed by atoms with Crippen molar-refractivity contribution in [1.82, 2.24) is 4.72 Å². The van der Waals surface area contributed by atoms with E-state index in [-0.39, 0.29) is 5.02 Å². The van der Waals surface area contributed by atoms with Gasteiger partial charge in [-0.25, -0.2) is 13.2 Å². The van der Waals surface area contributed by atoms with Gasteiger partial charge in [-0.05, 0) is 19.1 Å². The second-order valence-corrected chi connectivity index (χ2v) is 6.15. The Balaban J connectivity index is 3.48. The first-order valence-corrected chi connectivity index (χ1v) is 7.38. The third-order valence-electron chi connectivity index (χ3n) is 2.50. The van der Waals surface area contributed by atoms with Crippen molar-refractivity contribution >= 4 is 33.5 Å². The van der Waals surface area contributed by atoms with E-state index in [1.807, 2.05) is 4.72 Å². The summed E-state index contributed by atoms with van der Waals surface area (Å²) in [5, 5.41) is 8.94. The van der Waals surface area contributed by atoms with Gasteiger partial charge in [0.25, 0.3) is 0 Å². The third-order valence-corrected chi connectivity index (χ3v) is 4.27. The number of carbonyl (C=O) groups excluding carboxylic acids is 1. The molecule has 0 aliphatic rings. The molecule has 1 aromatic rings. The van der Waals surface area contributed by atoms with Gasteiger partial charge in [0.2, 0.25) is 15.9 Å². The number of carboxylic acid groups (broad SMARTS) is 1.